The van der Waals surface area contributed by atoms with Gasteiger partial charge < -0.3 is 9.38 Å². The van der Waals surface area contributed by atoms with E-state index in [1.165, 1.54) is 6.20 Å². The lowest BCUT2D eigenvalue weighted by Gasteiger charge is -2.41. The smallest absolute Gasteiger partial charge is 0.232 e. The van der Waals surface area contributed by atoms with Crippen molar-refractivity contribution in [3.8, 4) is 29.3 Å². The molecule has 12 heteroatoms. The number of hydrogen-bond donors (Lipinski definition) is 1. The first kappa shape index (κ1) is 25.5. The molecule has 1 N–H and O–H groups in total. The van der Waals surface area contributed by atoms with Crippen LogP contribution in [0.1, 0.15) is 13.3 Å². The zero-order valence-electron chi connectivity index (χ0n) is 20.2. The SMILES string of the molecule is C#CC[N+]1(C)CCN(c2cncc(-c3cn(-c4c(F)ccc(NS(=O)(=O)CCC)c4F)nn3)c2)CC1. The summed E-state index contributed by atoms with van der Waals surface area (Å²) in [5, 5.41) is 7.96. The first-order valence-corrected chi connectivity index (χ1v) is 13.2. The molecule has 190 valence electrons. The van der Waals surface area contributed by atoms with E-state index < -0.39 is 27.3 Å². The average Bonchev–Trinajstić information content (AvgIpc) is 3.31. The Morgan fingerprint density at radius 3 is 2.67 bits per heavy atom. The van der Waals surface area contributed by atoms with E-state index in [9.17, 15) is 12.8 Å². The summed E-state index contributed by atoms with van der Waals surface area (Å²) in [6.45, 7) is 5.81. The highest BCUT2D eigenvalue weighted by Gasteiger charge is 2.28. The van der Waals surface area contributed by atoms with Gasteiger partial charge in [-0.3, -0.25) is 9.71 Å². The van der Waals surface area contributed by atoms with Crippen LogP contribution in [-0.4, -0.2) is 78.4 Å². The monoisotopic (exact) mass is 516 g/mol. The fourth-order valence-corrected chi connectivity index (χ4v) is 5.28. The highest BCUT2D eigenvalue weighted by molar-refractivity contribution is 7.92. The standard InChI is InChI=1S/C24H28F2N7O2S/c1-4-10-33(3)11-8-31(9-12-33)19-14-18(15-27-16-19)22-17-32(30-28-22)24-20(25)6-7-21(23(24)26)29-36(34,35)13-5-2/h1,6-7,14-17,29H,5,8-13H2,2-3H3/q+1. The zero-order valence-corrected chi connectivity index (χ0v) is 21.0. The summed E-state index contributed by atoms with van der Waals surface area (Å²) in [6, 6.07) is 3.92. The molecule has 0 atom stereocenters. The molecule has 1 aromatic carbocycles. The second-order valence-corrected chi connectivity index (χ2v) is 10.9. The van der Waals surface area contributed by atoms with E-state index in [1.807, 2.05) is 6.07 Å². The zero-order chi connectivity index (χ0) is 25.9. The molecule has 3 aromatic rings. The van der Waals surface area contributed by atoms with Crippen LogP contribution in [0.3, 0.4) is 0 Å². The average molecular weight is 517 g/mol. The van der Waals surface area contributed by atoms with Crippen LogP contribution in [0.15, 0.2) is 36.8 Å². The molecule has 1 fully saturated rings. The van der Waals surface area contributed by atoms with Crippen LogP contribution in [0.25, 0.3) is 16.9 Å². The van der Waals surface area contributed by atoms with E-state index in [2.05, 4.69) is 37.9 Å². The van der Waals surface area contributed by atoms with Gasteiger partial charge in [0.1, 0.15) is 17.9 Å². The van der Waals surface area contributed by atoms with Gasteiger partial charge in [-0.25, -0.2) is 21.9 Å². The Bertz CT molecular complexity index is 1390. The maximum absolute atomic E-state index is 15.1. The predicted octanol–water partition coefficient (Wildman–Crippen LogP) is 2.66. The number of piperazine rings is 1. The van der Waals surface area contributed by atoms with Gasteiger partial charge in [0, 0.05) is 11.8 Å². The molecule has 4 rings (SSSR count). The van der Waals surface area contributed by atoms with Crippen molar-refractivity contribution < 1.29 is 21.7 Å². The normalized spacial score (nSPS) is 15.5. The molecule has 1 aliphatic heterocycles. The second kappa shape index (κ2) is 10.2. The van der Waals surface area contributed by atoms with Crippen molar-refractivity contribution in [1.29, 1.82) is 0 Å². The molecule has 0 radical (unpaired) electrons. The number of nitrogens with zero attached hydrogens (tertiary/aromatic N) is 6. The summed E-state index contributed by atoms with van der Waals surface area (Å²) in [5.74, 6) is 0.568. The third kappa shape index (κ3) is 5.47. The highest BCUT2D eigenvalue weighted by atomic mass is 32.2. The van der Waals surface area contributed by atoms with Gasteiger partial charge in [-0.15, -0.1) is 11.5 Å². The van der Waals surface area contributed by atoms with Crippen molar-refractivity contribution in [1.82, 2.24) is 20.0 Å². The molecule has 0 saturated carbocycles. The Morgan fingerprint density at radius 1 is 1.22 bits per heavy atom. The molecule has 0 spiro atoms. The van der Waals surface area contributed by atoms with Gasteiger partial charge in [0.2, 0.25) is 10.0 Å². The fourth-order valence-electron chi connectivity index (χ4n) is 4.15. The number of terminal acetylenes is 1. The molecule has 1 saturated heterocycles. The summed E-state index contributed by atoms with van der Waals surface area (Å²) in [5.41, 5.74) is 1.01. The van der Waals surface area contributed by atoms with E-state index >= 15 is 4.39 Å². The van der Waals surface area contributed by atoms with Crippen LogP contribution in [-0.2, 0) is 10.0 Å². The van der Waals surface area contributed by atoms with Gasteiger partial charge in [0.25, 0.3) is 0 Å². The molecule has 9 nitrogen and oxygen atoms in total. The number of anilines is 2. The van der Waals surface area contributed by atoms with Gasteiger partial charge in [0.05, 0.1) is 62.7 Å². The van der Waals surface area contributed by atoms with Crippen molar-refractivity contribution in [3.63, 3.8) is 0 Å². The first-order valence-electron chi connectivity index (χ1n) is 11.5. The number of halogens is 2. The number of benzene rings is 1. The molecule has 36 heavy (non-hydrogen) atoms. The van der Waals surface area contributed by atoms with Crippen LogP contribution in [0.4, 0.5) is 20.2 Å². The van der Waals surface area contributed by atoms with Crippen molar-refractivity contribution in [2.24, 2.45) is 0 Å². The Hall–Kier alpha value is -3.56. The lowest BCUT2D eigenvalue weighted by Crippen LogP contribution is -2.57. The number of pyridine rings is 1. The van der Waals surface area contributed by atoms with Gasteiger partial charge in [-0.1, -0.05) is 12.1 Å². The van der Waals surface area contributed by atoms with Gasteiger partial charge in [-0.2, -0.15) is 0 Å². The minimum atomic E-state index is -3.76. The summed E-state index contributed by atoms with van der Waals surface area (Å²) in [4.78, 5) is 6.53. The molecule has 0 bridgehead atoms. The Balaban J connectivity index is 1.58. The molecule has 0 amide bonds. The highest BCUT2D eigenvalue weighted by Crippen LogP contribution is 2.28. The number of aromatic nitrogens is 4. The molecular weight excluding hydrogens is 488 g/mol. The number of hydrogen-bond acceptors (Lipinski definition) is 6. The van der Waals surface area contributed by atoms with E-state index in [0.717, 1.165) is 53.2 Å². The third-order valence-corrected chi connectivity index (χ3v) is 7.68. The van der Waals surface area contributed by atoms with Crippen molar-refractivity contribution in [2.45, 2.75) is 13.3 Å². The topological polar surface area (TPSA) is 93.0 Å². The first-order chi connectivity index (χ1) is 17.1. The van der Waals surface area contributed by atoms with E-state index in [4.69, 9.17) is 6.42 Å². The molecule has 1 aliphatic rings. The van der Waals surface area contributed by atoms with Crippen LogP contribution < -0.4 is 9.62 Å². The lowest BCUT2D eigenvalue weighted by atomic mass is 10.2. The van der Waals surface area contributed by atoms with E-state index in [0.29, 0.717) is 24.2 Å². The van der Waals surface area contributed by atoms with Crippen molar-refractivity contribution in [2.75, 3.05) is 55.1 Å². The lowest BCUT2D eigenvalue weighted by molar-refractivity contribution is -0.903. The number of quaternary nitrogens is 1. The van der Waals surface area contributed by atoms with Crippen molar-refractivity contribution in [3.05, 3.63) is 48.4 Å². The number of sulfonamides is 1. The van der Waals surface area contributed by atoms with E-state index in [1.54, 1.807) is 19.3 Å². The molecule has 0 unspecified atom stereocenters. The predicted molar refractivity (Wildman–Crippen MR) is 134 cm³/mol. The maximum Gasteiger partial charge on any atom is 0.232 e. The number of likely N-dealkylation sites (N-methyl/N-ethyl adjacent to an activating group) is 1. The molecular formula is C24H28F2N7O2S+. The summed E-state index contributed by atoms with van der Waals surface area (Å²) in [6.07, 6.45) is 10.6. The van der Waals surface area contributed by atoms with Crippen molar-refractivity contribution >= 4 is 21.4 Å². The third-order valence-electron chi connectivity index (χ3n) is 6.20. The van der Waals surface area contributed by atoms with Crippen LogP contribution in [0.2, 0.25) is 0 Å². The van der Waals surface area contributed by atoms with Crippen LogP contribution in [0.5, 0.6) is 0 Å². The summed E-state index contributed by atoms with van der Waals surface area (Å²) in [7, 11) is -1.62. The molecule has 2 aromatic heterocycles. The Morgan fingerprint density at radius 2 is 1.97 bits per heavy atom. The summed E-state index contributed by atoms with van der Waals surface area (Å²) < 4.78 is 57.8. The van der Waals surface area contributed by atoms with Gasteiger partial charge in [0.15, 0.2) is 11.6 Å². The van der Waals surface area contributed by atoms with E-state index in [-0.39, 0.29) is 11.4 Å². The quantitative estimate of drug-likeness (QED) is 0.366. The second-order valence-electron chi connectivity index (χ2n) is 9.07. The summed E-state index contributed by atoms with van der Waals surface area (Å²) >= 11 is 0. The molecule has 3 heterocycles. The minimum Gasteiger partial charge on any atom is -0.359 e. The van der Waals surface area contributed by atoms with Gasteiger partial charge >= 0.3 is 0 Å². The largest absolute Gasteiger partial charge is 0.359 e. The Kier molecular flexibility index (Phi) is 7.23. The van der Waals surface area contributed by atoms with Gasteiger partial charge in [-0.05, 0) is 30.5 Å². The van der Waals surface area contributed by atoms with Crippen LogP contribution in [0, 0.1) is 24.0 Å². The Labute approximate surface area is 209 Å². The minimum absolute atomic E-state index is 0.185. The number of rotatable bonds is 8. The van der Waals surface area contributed by atoms with Crippen LogP contribution >= 0.6 is 0 Å². The maximum atomic E-state index is 15.1. The molecule has 0 aliphatic carbocycles. The number of nitrogens with one attached hydrogen (secondary N) is 1. The fraction of sp³-hybridized carbons (Fsp3) is 0.375.